The van der Waals surface area contributed by atoms with Gasteiger partial charge in [0.2, 0.25) is 11.8 Å². The summed E-state index contributed by atoms with van der Waals surface area (Å²) < 4.78 is 28.8. The molecule has 38 heavy (non-hydrogen) atoms. The molecular weight excluding hydrogens is 498 g/mol. The lowest BCUT2D eigenvalue weighted by Gasteiger charge is -2.33. The lowest BCUT2D eigenvalue weighted by Crippen LogP contribution is -2.53. The zero-order valence-corrected chi connectivity index (χ0v) is 23.4. The maximum absolute atomic E-state index is 13.9. The van der Waals surface area contributed by atoms with Crippen LogP contribution < -0.4 is 9.62 Å². The molecule has 1 N–H and O–H groups in total. The van der Waals surface area contributed by atoms with Crippen molar-refractivity contribution in [1.29, 1.82) is 0 Å². The minimum absolute atomic E-state index is 0.0959. The van der Waals surface area contributed by atoms with Gasteiger partial charge in [-0.15, -0.1) is 0 Å². The van der Waals surface area contributed by atoms with E-state index in [2.05, 4.69) is 5.32 Å². The fourth-order valence-corrected chi connectivity index (χ4v) is 5.95. The zero-order chi connectivity index (χ0) is 27.7. The standard InChI is InChI=1S/C30H37N3O4S/c1-5-28(30(35)31-6-2)32(18-17-25-13-9-7-10-14-25)29(34)22-33(26-20-23(3)19-24(4)21-26)38(36,37)27-15-11-8-12-16-27/h7-16,19-21,28H,5-6,17-18,22H2,1-4H3,(H,31,35)/t28-/m1/s1. The van der Waals surface area contributed by atoms with Crippen LogP contribution in [0.15, 0.2) is 83.8 Å². The molecule has 0 bridgehead atoms. The third-order valence-corrected chi connectivity index (χ3v) is 8.11. The second-order valence-corrected chi connectivity index (χ2v) is 11.2. The van der Waals surface area contributed by atoms with Gasteiger partial charge in [-0.05, 0) is 74.6 Å². The maximum atomic E-state index is 13.9. The van der Waals surface area contributed by atoms with E-state index in [-0.39, 0.29) is 17.3 Å². The van der Waals surface area contributed by atoms with E-state index in [1.807, 2.05) is 64.1 Å². The van der Waals surface area contributed by atoms with Crippen LogP contribution in [0.25, 0.3) is 0 Å². The van der Waals surface area contributed by atoms with Crippen LogP contribution in [-0.2, 0) is 26.0 Å². The third-order valence-electron chi connectivity index (χ3n) is 6.33. The Morgan fingerprint density at radius 3 is 2.00 bits per heavy atom. The van der Waals surface area contributed by atoms with Crippen molar-refractivity contribution < 1.29 is 18.0 Å². The first-order valence-corrected chi connectivity index (χ1v) is 14.4. The van der Waals surface area contributed by atoms with Crippen molar-refractivity contribution >= 4 is 27.5 Å². The largest absolute Gasteiger partial charge is 0.355 e. The smallest absolute Gasteiger partial charge is 0.264 e. The molecule has 7 nitrogen and oxygen atoms in total. The van der Waals surface area contributed by atoms with E-state index in [9.17, 15) is 18.0 Å². The summed E-state index contributed by atoms with van der Waals surface area (Å²) >= 11 is 0. The van der Waals surface area contributed by atoms with Gasteiger partial charge in [0.05, 0.1) is 10.6 Å². The predicted octanol–water partition coefficient (Wildman–Crippen LogP) is 4.48. The van der Waals surface area contributed by atoms with E-state index in [4.69, 9.17) is 0 Å². The van der Waals surface area contributed by atoms with Crippen molar-refractivity contribution in [2.75, 3.05) is 23.9 Å². The van der Waals surface area contributed by atoms with Gasteiger partial charge in [0.25, 0.3) is 10.0 Å². The average Bonchev–Trinajstić information content (AvgIpc) is 2.90. The molecule has 3 rings (SSSR count). The first-order chi connectivity index (χ1) is 18.2. The normalized spacial score (nSPS) is 12.0. The van der Waals surface area contributed by atoms with E-state index in [1.165, 1.54) is 17.0 Å². The van der Waals surface area contributed by atoms with Crippen LogP contribution in [0.2, 0.25) is 0 Å². The van der Waals surface area contributed by atoms with Crippen molar-refractivity contribution in [3.63, 3.8) is 0 Å². The number of hydrogen-bond donors (Lipinski definition) is 1. The summed E-state index contributed by atoms with van der Waals surface area (Å²) in [7, 11) is -4.06. The molecule has 0 saturated carbocycles. The van der Waals surface area contributed by atoms with Crippen LogP contribution in [0.4, 0.5) is 5.69 Å². The monoisotopic (exact) mass is 535 g/mol. The fraction of sp³-hybridized carbons (Fsp3) is 0.333. The van der Waals surface area contributed by atoms with Gasteiger partial charge >= 0.3 is 0 Å². The number of sulfonamides is 1. The number of hydrogen-bond acceptors (Lipinski definition) is 4. The van der Waals surface area contributed by atoms with Crippen molar-refractivity contribution in [3.8, 4) is 0 Å². The van der Waals surface area contributed by atoms with Gasteiger partial charge in [-0.3, -0.25) is 13.9 Å². The number of rotatable bonds is 12. The van der Waals surface area contributed by atoms with Gasteiger partial charge in [-0.2, -0.15) is 0 Å². The number of anilines is 1. The van der Waals surface area contributed by atoms with E-state index in [0.717, 1.165) is 21.0 Å². The Hall–Kier alpha value is -3.65. The first kappa shape index (κ1) is 28.9. The third kappa shape index (κ3) is 7.22. The minimum atomic E-state index is -4.06. The highest BCUT2D eigenvalue weighted by molar-refractivity contribution is 7.92. The Morgan fingerprint density at radius 1 is 0.868 bits per heavy atom. The van der Waals surface area contributed by atoms with Crippen LogP contribution in [0.3, 0.4) is 0 Å². The number of benzene rings is 3. The molecule has 3 aromatic carbocycles. The van der Waals surface area contributed by atoms with Crippen LogP contribution in [0, 0.1) is 13.8 Å². The number of amides is 2. The Balaban J connectivity index is 2.02. The van der Waals surface area contributed by atoms with Gasteiger partial charge in [-0.25, -0.2) is 8.42 Å². The number of nitrogens with one attached hydrogen (secondary N) is 1. The Morgan fingerprint density at radius 2 is 1.45 bits per heavy atom. The minimum Gasteiger partial charge on any atom is -0.355 e. The first-order valence-electron chi connectivity index (χ1n) is 12.9. The summed E-state index contributed by atoms with van der Waals surface area (Å²) in [4.78, 5) is 28.5. The summed E-state index contributed by atoms with van der Waals surface area (Å²) in [5.74, 6) is -0.682. The van der Waals surface area contributed by atoms with Crippen molar-refractivity contribution in [2.24, 2.45) is 0 Å². The number of carbonyl (C=O) groups is 2. The van der Waals surface area contributed by atoms with Crippen LogP contribution in [-0.4, -0.2) is 50.8 Å². The van der Waals surface area contributed by atoms with Crippen molar-refractivity contribution in [1.82, 2.24) is 10.2 Å². The predicted molar refractivity (Wildman–Crippen MR) is 152 cm³/mol. The molecule has 3 aromatic rings. The van der Waals surface area contributed by atoms with Crippen LogP contribution >= 0.6 is 0 Å². The van der Waals surface area contributed by atoms with Gasteiger partial charge in [0.15, 0.2) is 0 Å². The van der Waals surface area contributed by atoms with E-state index < -0.39 is 28.5 Å². The maximum Gasteiger partial charge on any atom is 0.264 e. The second kappa shape index (κ2) is 13.2. The highest BCUT2D eigenvalue weighted by Gasteiger charge is 2.33. The highest BCUT2D eigenvalue weighted by Crippen LogP contribution is 2.26. The zero-order valence-electron chi connectivity index (χ0n) is 22.6. The average molecular weight is 536 g/mol. The van der Waals surface area contributed by atoms with Crippen LogP contribution in [0.5, 0.6) is 0 Å². The van der Waals surface area contributed by atoms with E-state index in [1.54, 1.807) is 30.3 Å². The number of likely N-dealkylation sites (N-methyl/N-ethyl adjacent to an activating group) is 1. The molecule has 0 spiro atoms. The lowest BCUT2D eigenvalue weighted by molar-refractivity contribution is -0.139. The SMILES string of the molecule is CCNC(=O)[C@@H](CC)N(CCc1ccccc1)C(=O)CN(c1cc(C)cc(C)c1)S(=O)(=O)c1ccccc1. The molecule has 2 amide bonds. The van der Waals surface area contributed by atoms with Gasteiger partial charge in [-0.1, -0.05) is 61.5 Å². The van der Waals surface area contributed by atoms with Crippen molar-refractivity contribution in [3.05, 3.63) is 95.6 Å². The summed E-state index contributed by atoms with van der Waals surface area (Å²) in [6.45, 7) is 7.75. The Bertz CT molecular complexity index is 1310. The molecule has 0 fully saturated rings. The lowest BCUT2D eigenvalue weighted by atomic mass is 10.1. The van der Waals surface area contributed by atoms with E-state index in [0.29, 0.717) is 25.1 Å². The number of aryl methyl sites for hydroxylation is 2. The molecule has 0 radical (unpaired) electrons. The molecule has 0 aliphatic carbocycles. The second-order valence-electron chi connectivity index (χ2n) is 9.31. The molecule has 0 saturated heterocycles. The summed E-state index contributed by atoms with van der Waals surface area (Å²) in [5, 5.41) is 2.82. The quantitative estimate of drug-likeness (QED) is 0.370. The molecule has 202 valence electrons. The topological polar surface area (TPSA) is 86.8 Å². The summed E-state index contributed by atoms with van der Waals surface area (Å²) in [6, 6.07) is 22.6. The number of carbonyl (C=O) groups excluding carboxylic acids is 2. The molecule has 1 atom stereocenters. The van der Waals surface area contributed by atoms with E-state index >= 15 is 0 Å². The van der Waals surface area contributed by atoms with Gasteiger partial charge < -0.3 is 10.2 Å². The highest BCUT2D eigenvalue weighted by atomic mass is 32.2. The molecule has 0 heterocycles. The molecule has 0 aromatic heterocycles. The van der Waals surface area contributed by atoms with Gasteiger partial charge in [0, 0.05) is 13.1 Å². The summed E-state index contributed by atoms with van der Waals surface area (Å²) in [6.07, 6.45) is 0.943. The summed E-state index contributed by atoms with van der Waals surface area (Å²) in [5.41, 5.74) is 3.21. The molecule has 8 heteroatoms. The fourth-order valence-electron chi connectivity index (χ4n) is 4.53. The van der Waals surface area contributed by atoms with Gasteiger partial charge in [0.1, 0.15) is 12.6 Å². The van der Waals surface area contributed by atoms with Crippen molar-refractivity contribution in [2.45, 2.75) is 51.5 Å². The molecule has 0 aliphatic heterocycles. The number of nitrogens with zero attached hydrogens (tertiary/aromatic N) is 2. The molecular formula is C30H37N3O4S. The Kier molecular flexibility index (Phi) is 10.1. The molecule has 0 aliphatic rings. The molecule has 0 unspecified atom stereocenters. The van der Waals surface area contributed by atoms with Crippen LogP contribution in [0.1, 0.15) is 37.0 Å². The Labute approximate surface area is 226 Å².